The van der Waals surface area contributed by atoms with Crippen molar-refractivity contribution < 1.29 is 23.6 Å². The summed E-state index contributed by atoms with van der Waals surface area (Å²) in [7, 11) is 5.77. The van der Waals surface area contributed by atoms with E-state index >= 15 is 0 Å². The average Bonchev–Trinajstić information content (AvgIpc) is 2.92. The van der Waals surface area contributed by atoms with Gasteiger partial charge in [-0.15, -0.1) is 0 Å². The monoisotopic (exact) mass is 635 g/mol. The van der Waals surface area contributed by atoms with Gasteiger partial charge in [0.2, 0.25) is 0 Å². The predicted molar refractivity (Wildman–Crippen MR) is 164 cm³/mol. The number of benzene rings is 2. The lowest BCUT2D eigenvalue weighted by atomic mass is 10.3. The Hall–Kier alpha value is -2.09. The lowest BCUT2D eigenvalue weighted by Gasteiger charge is -2.42. The first-order chi connectivity index (χ1) is 18.1. The van der Waals surface area contributed by atoms with Crippen LogP contribution in [-0.2, 0) is 21.3 Å². The van der Waals surface area contributed by atoms with Gasteiger partial charge in [-0.1, -0.05) is 48.9 Å². The SMILES string of the molecule is CCP(=S)(Oc1ccccc1Cl)C(Nc1ccccc1)(OC(=O)NC)C(=N)SSSC(=N)COC(=O)NC. The molecule has 2 aromatic carbocycles. The van der Waals surface area contributed by atoms with E-state index in [0.717, 1.165) is 31.4 Å². The molecule has 38 heavy (non-hydrogen) atoms. The maximum absolute atomic E-state index is 12.7. The molecule has 0 radical (unpaired) electrons. The van der Waals surface area contributed by atoms with Crippen LogP contribution in [0.15, 0.2) is 54.6 Å². The van der Waals surface area contributed by atoms with Gasteiger partial charge in [-0.25, -0.2) is 9.59 Å². The Balaban J connectivity index is 2.46. The zero-order valence-corrected chi connectivity index (χ0v) is 25.5. The van der Waals surface area contributed by atoms with E-state index in [1.54, 1.807) is 55.5 Å². The van der Waals surface area contributed by atoms with Gasteiger partial charge in [0.1, 0.15) is 17.4 Å². The molecule has 0 bridgehead atoms. The molecule has 206 valence electrons. The molecule has 0 aliphatic carbocycles. The van der Waals surface area contributed by atoms with Crippen molar-refractivity contribution in [2.75, 3.05) is 32.2 Å². The van der Waals surface area contributed by atoms with E-state index < -0.39 is 23.9 Å². The van der Waals surface area contributed by atoms with Crippen LogP contribution in [0.4, 0.5) is 15.3 Å². The first kappa shape index (κ1) is 32.1. The number of amides is 2. The van der Waals surface area contributed by atoms with Crippen molar-refractivity contribution >= 4 is 89.0 Å². The van der Waals surface area contributed by atoms with Gasteiger partial charge in [0.25, 0.3) is 5.47 Å². The number of alkyl carbamates (subject to hydrolysis) is 2. The molecule has 0 aliphatic rings. The molecular formula is C22H27ClN5O5PS4. The Morgan fingerprint density at radius 1 is 1.03 bits per heavy atom. The summed E-state index contributed by atoms with van der Waals surface area (Å²) in [6, 6.07) is 15.7. The van der Waals surface area contributed by atoms with Crippen molar-refractivity contribution in [3.63, 3.8) is 0 Å². The summed E-state index contributed by atoms with van der Waals surface area (Å²) in [6.45, 7) is 1.55. The second kappa shape index (κ2) is 15.5. The number of carbonyl (C=O) groups excluding carboxylic acids is 2. The third kappa shape index (κ3) is 8.72. The minimum absolute atomic E-state index is 0.0370. The molecule has 2 aromatic rings. The van der Waals surface area contributed by atoms with Crippen LogP contribution in [0.5, 0.6) is 5.75 Å². The number of carbonyl (C=O) groups is 2. The minimum Gasteiger partial charge on any atom is -0.459 e. The predicted octanol–water partition coefficient (Wildman–Crippen LogP) is 6.60. The van der Waals surface area contributed by atoms with Crippen molar-refractivity contribution in [2.45, 2.75) is 12.4 Å². The van der Waals surface area contributed by atoms with Crippen molar-refractivity contribution in [3.05, 3.63) is 59.6 Å². The number of hydrogen-bond acceptors (Lipinski definition) is 12. The highest BCUT2D eigenvalue weighted by molar-refractivity contribution is 9.14. The second-order valence-corrected chi connectivity index (χ2v) is 16.1. The summed E-state index contributed by atoms with van der Waals surface area (Å²) in [5.74, 6) is 0.298. The van der Waals surface area contributed by atoms with E-state index in [-0.39, 0.29) is 22.9 Å². The summed E-state index contributed by atoms with van der Waals surface area (Å²) in [4.78, 5) is 23.9. The van der Waals surface area contributed by atoms with E-state index in [2.05, 4.69) is 16.0 Å². The van der Waals surface area contributed by atoms with E-state index in [1.165, 1.54) is 14.1 Å². The van der Waals surface area contributed by atoms with Crippen molar-refractivity contribution in [1.82, 2.24) is 10.6 Å². The summed E-state index contributed by atoms with van der Waals surface area (Å²) in [6.07, 6.45) is -4.58. The summed E-state index contributed by atoms with van der Waals surface area (Å²) >= 11 is 12.5. The Kier molecular flexibility index (Phi) is 13.1. The lowest BCUT2D eigenvalue weighted by Crippen LogP contribution is -2.51. The number of halogens is 1. The van der Waals surface area contributed by atoms with Crippen molar-refractivity contribution in [1.29, 1.82) is 10.8 Å². The standard InChI is InChI=1S/C22H27ClN5O5PS4/c1-4-34(35,33-17-13-9-8-12-16(17)23)22(32-21(30)27-3,28-15-10-6-5-7-11-15)19(25)37-38-36-18(24)14-31-20(29)26-2/h5-13,24-25,28H,4,14H2,1-3H3,(H,26,29)(H,27,30). The first-order valence-corrected chi connectivity index (χ1v) is 17.7. The van der Waals surface area contributed by atoms with Gasteiger partial charge in [-0.05, 0) is 67.5 Å². The number of nitrogens with one attached hydrogen (secondary N) is 5. The fourth-order valence-electron chi connectivity index (χ4n) is 2.75. The van der Waals surface area contributed by atoms with Crippen molar-refractivity contribution in [3.8, 4) is 5.75 Å². The van der Waals surface area contributed by atoms with Gasteiger partial charge >= 0.3 is 12.2 Å². The molecular weight excluding hydrogens is 609 g/mol. The van der Waals surface area contributed by atoms with Crippen LogP contribution in [0.3, 0.4) is 0 Å². The lowest BCUT2D eigenvalue weighted by molar-refractivity contribution is 0.120. The molecule has 0 fully saturated rings. The van der Waals surface area contributed by atoms with Crippen LogP contribution in [0.2, 0.25) is 5.02 Å². The number of rotatable bonds is 12. The third-order valence-corrected chi connectivity index (χ3v) is 13.2. The third-order valence-electron chi connectivity index (χ3n) is 4.61. The Labute approximate surface area is 243 Å². The largest absolute Gasteiger partial charge is 0.459 e. The molecule has 2 rings (SSSR count). The molecule has 2 atom stereocenters. The van der Waals surface area contributed by atoms with Crippen LogP contribution in [0, 0.1) is 10.8 Å². The Morgan fingerprint density at radius 3 is 2.26 bits per heavy atom. The van der Waals surface area contributed by atoms with Crippen molar-refractivity contribution in [2.24, 2.45) is 0 Å². The van der Waals surface area contributed by atoms with Crippen LogP contribution in [0.1, 0.15) is 6.92 Å². The van der Waals surface area contributed by atoms with Crippen LogP contribution in [0.25, 0.3) is 0 Å². The van der Waals surface area contributed by atoms with Crippen LogP contribution in [-0.4, -0.2) is 54.6 Å². The first-order valence-electron chi connectivity index (χ1n) is 10.9. The minimum atomic E-state index is -3.32. The van der Waals surface area contributed by atoms with E-state index in [9.17, 15) is 9.59 Å². The molecule has 0 saturated heterocycles. The highest BCUT2D eigenvalue weighted by Crippen LogP contribution is 2.62. The number of para-hydroxylation sites is 2. The number of hydrogen-bond donors (Lipinski definition) is 5. The summed E-state index contributed by atoms with van der Waals surface area (Å²) < 4.78 is 17.1. The molecule has 0 saturated carbocycles. The molecule has 2 unspecified atom stereocenters. The molecule has 2 amide bonds. The highest BCUT2D eigenvalue weighted by atomic mass is 35.5. The zero-order valence-electron chi connectivity index (χ0n) is 20.6. The molecule has 5 N–H and O–H groups in total. The van der Waals surface area contributed by atoms with E-state index in [0.29, 0.717) is 16.5 Å². The van der Waals surface area contributed by atoms with Gasteiger partial charge in [0.15, 0.2) is 11.3 Å². The summed E-state index contributed by atoms with van der Waals surface area (Å²) in [5, 5.41) is 25.2. The van der Waals surface area contributed by atoms with Gasteiger partial charge in [-0.2, -0.15) is 0 Å². The quantitative estimate of drug-likeness (QED) is 0.0569. The van der Waals surface area contributed by atoms with Gasteiger partial charge in [0.05, 0.1) is 5.02 Å². The topological polar surface area (TPSA) is 146 Å². The number of anilines is 1. The normalized spacial score (nSPS) is 13.7. The maximum atomic E-state index is 12.7. The molecule has 0 heterocycles. The summed E-state index contributed by atoms with van der Waals surface area (Å²) in [5.41, 5.74) is -1.37. The zero-order chi connectivity index (χ0) is 28.2. The second-order valence-electron chi connectivity index (χ2n) is 7.10. The van der Waals surface area contributed by atoms with Gasteiger partial charge < -0.3 is 29.9 Å². The molecule has 0 spiro atoms. The smallest absolute Gasteiger partial charge is 0.409 e. The van der Waals surface area contributed by atoms with Gasteiger partial charge in [0, 0.05) is 25.9 Å². The highest BCUT2D eigenvalue weighted by Gasteiger charge is 2.54. The molecule has 0 aliphatic heterocycles. The fourth-order valence-corrected chi connectivity index (χ4v) is 9.89. The molecule has 16 heteroatoms. The van der Waals surface area contributed by atoms with E-state index in [1.807, 2.05) is 6.07 Å². The average molecular weight is 636 g/mol. The fraction of sp³-hybridized carbons (Fsp3) is 0.273. The number of ether oxygens (including phenoxy) is 2. The Bertz CT molecular complexity index is 1200. The maximum Gasteiger partial charge on any atom is 0.409 e. The Morgan fingerprint density at radius 2 is 1.66 bits per heavy atom. The van der Waals surface area contributed by atoms with Crippen LogP contribution >= 0.6 is 49.3 Å². The van der Waals surface area contributed by atoms with E-state index in [4.69, 9.17) is 48.2 Å². The molecule has 0 aromatic heterocycles. The molecule has 10 nitrogen and oxygen atoms in total. The van der Waals surface area contributed by atoms with Crippen LogP contribution < -0.4 is 20.5 Å². The van der Waals surface area contributed by atoms with Gasteiger partial charge in [-0.3, -0.25) is 10.8 Å².